The Bertz CT molecular complexity index is 787. The molecule has 0 aliphatic carbocycles. The van der Waals surface area contributed by atoms with Crippen molar-refractivity contribution in [1.82, 2.24) is 0 Å². The van der Waals surface area contributed by atoms with Gasteiger partial charge in [0.15, 0.2) is 11.9 Å². The van der Waals surface area contributed by atoms with Crippen LogP contribution in [0.2, 0.25) is 0 Å². The van der Waals surface area contributed by atoms with Gasteiger partial charge in [0.25, 0.3) is 5.91 Å². The Morgan fingerprint density at radius 3 is 2.74 bits per heavy atom. The predicted octanol–water partition coefficient (Wildman–Crippen LogP) is 3.45. The van der Waals surface area contributed by atoms with Crippen LogP contribution in [-0.2, 0) is 16.0 Å². The molecule has 0 saturated heterocycles. The lowest BCUT2D eigenvalue weighted by molar-refractivity contribution is -0.125. The van der Waals surface area contributed by atoms with Crippen LogP contribution in [0.15, 0.2) is 40.9 Å². The smallest absolute Gasteiger partial charge is 0.339 e. The summed E-state index contributed by atoms with van der Waals surface area (Å²) < 4.78 is 32.0. The fraction of sp³-hybridized carbons (Fsp3) is 0.125. The van der Waals surface area contributed by atoms with E-state index in [1.165, 1.54) is 0 Å². The molecule has 2 aromatic carbocycles. The highest BCUT2D eigenvalue weighted by atomic mass is 79.9. The van der Waals surface area contributed by atoms with E-state index in [0.29, 0.717) is 17.2 Å². The number of cyclic esters (lactones) is 1. The van der Waals surface area contributed by atoms with E-state index in [1.54, 1.807) is 24.3 Å². The average molecular weight is 382 g/mol. The number of anilines is 1. The van der Waals surface area contributed by atoms with Crippen LogP contribution in [0.1, 0.15) is 15.9 Å². The molecule has 0 radical (unpaired) electrons. The number of hydrogen-bond donors (Lipinski definition) is 1. The normalized spacial score (nSPS) is 16.5. The van der Waals surface area contributed by atoms with E-state index in [-0.39, 0.29) is 16.6 Å². The third kappa shape index (κ3) is 3.10. The van der Waals surface area contributed by atoms with E-state index in [9.17, 15) is 18.4 Å². The average Bonchev–Trinajstić information content (AvgIpc) is 2.50. The molecule has 1 amide bonds. The lowest BCUT2D eigenvalue weighted by Crippen LogP contribution is -2.38. The van der Waals surface area contributed by atoms with Gasteiger partial charge >= 0.3 is 5.97 Å². The number of benzene rings is 2. The van der Waals surface area contributed by atoms with Gasteiger partial charge in [0.2, 0.25) is 0 Å². The molecule has 7 heteroatoms. The highest BCUT2D eigenvalue weighted by molar-refractivity contribution is 9.10. The van der Waals surface area contributed by atoms with Gasteiger partial charge in [0, 0.05) is 17.0 Å². The third-order valence-corrected chi connectivity index (χ3v) is 4.06. The number of carbonyl (C=O) groups is 2. The molecule has 0 unspecified atom stereocenters. The Morgan fingerprint density at radius 1 is 1.26 bits per heavy atom. The van der Waals surface area contributed by atoms with E-state index in [0.717, 1.165) is 6.07 Å². The number of hydrogen-bond acceptors (Lipinski definition) is 3. The molecule has 0 saturated carbocycles. The van der Waals surface area contributed by atoms with Gasteiger partial charge in [-0.15, -0.1) is 0 Å². The van der Waals surface area contributed by atoms with Crippen molar-refractivity contribution in [2.45, 2.75) is 12.5 Å². The maximum absolute atomic E-state index is 13.8. The van der Waals surface area contributed by atoms with Crippen LogP contribution >= 0.6 is 15.9 Å². The van der Waals surface area contributed by atoms with Crippen molar-refractivity contribution in [1.29, 1.82) is 0 Å². The Kier molecular flexibility index (Phi) is 4.12. The molecule has 0 bridgehead atoms. The molecule has 1 atom stereocenters. The molecule has 1 N–H and O–H groups in total. The van der Waals surface area contributed by atoms with Crippen LogP contribution in [0.25, 0.3) is 0 Å². The summed E-state index contributed by atoms with van der Waals surface area (Å²) in [4.78, 5) is 24.1. The van der Waals surface area contributed by atoms with Gasteiger partial charge in [-0.05, 0) is 33.6 Å². The van der Waals surface area contributed by atoms with Crippen LogP contribution in [0, 0.1) is 11.6 Å². The molecule has 1 heterocycles. The van der Waals surface area contributed by atoms with Crippen molar-refractivity contribution in [2.24, 2.45) is 0 Å². The summed E-state index contributed by atoms with van der Waals surface area (Å²) in [6, 6.07) is 8.48. The van der Waals surface area contributed by atoms with Crippen LogP contribution in [0.3, 0.4) is 0 Å². The Morgan fingerprint density at radius 2 is 2.00 bits per heavy atom. The van der Waals surface area contributed by atoms with Crippen LogP contribution in [-0.4, -0.2) is 18.0 Å². The van der Waals surface area contributed by atoms with E-state index in [1.807, 2.05) is 0 Å². The first kappa shape index (κ1) is 15.6. The van der Waals surface area contributed by atoms with Crippen molar-refractivity contribution < 1.29 is 23.1 Å². The number of rotatable bonds is 2. The van der Waals surface area contributed by atoms with Gasteiger partial charge in [-0.1, -0.05) is 18.2 Å². The molecule has 1 aliphatic heterocycles. The minimum atomic E-state index is -1.08. The van der Waals surface area contributed by atoms with Gasteiger partial charge < -0.3 is 10.1 Å². The second-order valence-electron chi connectivity index (χ2n) is 4.99. The molecule has 0 spiro atoms. The monoisotopic (exact) mass is 381 g/mol. The number of esters is 1. The standard InChI is InChI=1S/C16H10BrF2NO3/c17-11-6-9(18)7-12(19)14(11)20-15(21)13-5-8-3-1-2-4-10(8)16(22)23-13/h1-4,6-7,13H,5H2,(H,20,21)/t13-/m1/s1. The van der Waals surface area contributed by atoms with Crippen molar-refractivity contribution in [3.63, 3.8) is 0 Å². The lowest BCUT2D eigenvalue weighted by atomic mass is 9.98. The summed E-state index contributed by atoms with van der Waals surface area (Å²) >= 11 is 2.99. The second kappa shape index (κ2) is 6.08. The zero-order chi connectivity index (χ0) is 16.6. The van der Waals surface area contributed by atoms with Gasteiger partial charge in [0.05, 0.1) is 11.3 Å². The first-order chi connectivity index (χ1) is 11.0. The highest BCUT2D eigenvalue weighted by Gasteiger charge is 2.31. The van der Waals surface area contributed by atoms with Gasteiger partial charge in [-0.2, -0.15) is 0 Å². The third-order valence-electron chi connectivity index (χ3n) is 3.44. The maximum atomic E-state index is 13.8. The summed E-state index contributed by atoms with van der Waals surface area (Å²) in [6.07, 6.45) is -0.887. The van der Waals surface area contributed by atoms with Gasteiger partial charge in [-0.3, -0.25) is 4.79 Å². The molecule has 118 valence electrons. The van der Waals surface area contributed by atoms with E-state index in [2.05, 4.69) is 21.2 Å². The number of fused-ring (bicyclic) bond motifs is 1. The number of carbonyl (C=O) groups excluding carboxylic acids is 2. The zero-order valence-corrected chi connectivity index (χ0v) is 13.2. The second-order valence-corrected chi connectivity index (χ2v) is 5.84. The molecule has 4 nitrogen and oxygen atoms in total. The Balaban J connectivity index is 1.82. The molecule has 1 aliphatic rings. The first-order valence-electron chi connectivity index (χ1n) is 6.70. The number of halogens is 3. The Hall–Kier alpha value is -2.28. The summed E-state index contributed by atoms with van der Waals surface area (Å²) in [5.74, 6) is -2.98. The van der Waals surface area contributed by atoms with Crippen molar-refractivity contribution in [3.05, 3.63) is 63.6 Å². The summed E-state index contributed by atoms with van der Waals surface area (Å²) in [5, 5.41) is 2.32. The van der Waals surface area contributed by atoms with Crippen LogP contribution < -0.4 is 5.32 Å². The topological polar surface area (TPSA) is 55.4 Å². The number of ether oxygens (including phenoxy) is 1. The molecule has 2 aromatic rings. The fourth-order valence-corrected chi connectivity index (χ4v) is 2.85. The minimum Gasteiger partial charge on any atom is -0.448 e. The zero-order valence-electron chi connectivity index (χ0n) is 11.6. The molecular formula is C16H10BrF2NO3. The predicted molar refractivity (Wildman–Crippen MR) is 82.0 cm³/mol. The van der Waals surface area contributed by atoms with Gasteiger partial charge in [-0.25, -0.2) is 13.6 Å². The van der Waals surface area contributed by atoms with E-state index >= 15 is 0 Å². The highest BCUT2D eigenvalue weighted by Crippen LogP contribution is 2.28. The number of nitrogens with one attached hydrogen (secondary N) is 1. The Labute approximate surface area is 138 Å². The molecule has 3 rings (SSSR count). The maximum Gasteiger partial charge on any atom is 0.339 e. The summed E-state index contributed by atoms with van der Waals surface area (Å²) in [7, 11) is 0. The van der Waals surface area contributed by atoms with Crippen LogP contribution in [0.4, 0.5) is 14.5 Å². The van der Waals surface area contributed by atoms with E-state index in [4.69, 9.17) is 4.74 Å². The quantitative estimate of drug-likeness (QED) is 0.810. The van der Waals surface area contributed by atoms with Crippen molar-refractivity contribution >= 4 is 33.5 Å². The van der Waals surface area contributed by atoms with Crippen molar-refractivity contribution in [3.8, 4) is 0 Å². The molecule has 0 aromatic heterocycles. The molecule has 23 heavy (non-hydrogen) atoms. The number of amides is 1. The SMILES string of the molecule is O=C1O[C@@H](C(=O)Nc2c(F)cc(F)cc2Br)Cc2ccccc21. The molecule has 0 fully saturated rings. The minimum absolute atomic E-state index is 0.0610. The lowest BCUT2D eigenvalue weighted by Gasteiger charge is -2.24. The van der Waals surface area contributed by atoms with Crippen molar-refractivity contribution in [2.75, 3.05) is 5.32 Å². The molecular weight excluding hydrogens is 372 g/mol. The van der Waals surface area contributed by atoms with E-state index < -0.39 is 29.6 Å². The van der Waals surface area contributed by atoms with Crippen LogP contribution in [0.5, 0.6) is 0 Å². The summed E-state index contributed by atoms with van der Waals surface area (Å²) in [6.45, 7) is 0. The van der Waals surface area contributed by atoms with Gasteiger partial charge in [0.1, 0.15) is 5.82 Å². The largest absolute Gasteiger partial charge is 0.448 e. The fourth-order valence-electron chi connectivity index (χ4n) is 2.34. The first-order valence-corrected chi connectivity index (χ1v) is 7.49. The summed E-state index contributed by atoms with van der Waals surface area (Å²) in [5.41, 5.74) is 0.888.